The SMILES string of the molecule is Cn1ccnc1NCc1ccc(C#N)cc1. The smallest absolute Gasteiger partial charge is 0.202 e. The molecule has 0 fully saturated rings. The van der Waals surface area contributed by atoms with Crippen molar-refractivity contribution >= 4 is 5.95 Å². The molecule has 0 saturated heterocycles. The lowest BCUT2D eigenvalue weighted by Gasteiger charge is -2.05. The van der Waals surface area contributed by atoms with Crippen molar-refractivity contribution in [2.24, 2.45) is 7.05 Å². The number of hydrogen-bond donors (Lipinski definition) is 1. The fourth-order valence-corrected chi connectivity index (χ4v) is 1.41. The Morgan fingerprint density at radius 2 is 2.12 bits per heavy atom. The van der Waals surface area contributed by atoms with Crippen molar-refractivity contribution in [1.82, 2.24) is 9.55 Å². The van der Waals surface area contributed by atoms with Gasteiger partial charge in [0.1, 0.15) is 0 Å². The third kappa shape index (κ3) is 2.20. The first-order valence-corrected chi connectivity index (χ1v) is 5.00. The lowest BCUT2D eigenvalue weighted by molar-refractivity contribution is 0.900. The number of nitrogens with one attached hydrogen (secondary N) is 1. The largest absolute Gasteiger partial charge is 0.352 e. The molecule has 0 spiro atoms. The molecular formula is C12H12N4. The average Bonchev–Trinajstić information content (AvgIpc) is 2.73. The number of benzene rings is 1. The van der Waals surface area contributed by atoms with Crippen LogP contribution in [0.2, 0.25) is 0 Å². The molecule has 0 aliphatic heterocycles. The maximum Gasteiger partial charge on any atom is 0.202 e. The number of nitrogens with zero attached hydrogens (tertiary/aromatic N) is 3. The minimum atomic E-state index is 0.681. The van der Waals surface area contributed by atoms with Crippen LogP contribution in [0.15, 0.2) is 36.7 Å². The molecule has 0 atom stereocenters. The Morgan fingerprint density at radius 3 is 2.69 bits per heavy atom. The first-order chi connectivity index (χ1) is 7.79. The van der Waals surface area contributed by atoms with E-state index in [1.165, 1.54) is 0 Å². The van der Waals surface area contributed by atoms with Crippen LogP contribution < -0.4 is 5.32 Å². The van der Waals surface area contributed by atoms with Gasteiger partial charge in [0.15, 0.2) is 0 Å². The van der Waals surface area contributed by atoms with Gasteiger partial charge in [-0.1, -0.05) is 12.1 Å². The molecule has 1 heterocycles. The Hall–Kier alpha value is -2.28. The fourth-order valence-electron chi connectivity index (χ4n) is 1.41. The highest BCUT2D eigenvalue weighted by Gasteiger charge is 1.98. The van der Waals surface area contributed by atoms with Crippen LogP contribution in [-0.2, 0) is 13.6 Å². The predicted octanol–water partition coefficient (Wildman–Crippen LogP) is 1.90. The third-order valence-electron chi connectivity index (χ3n) is 2.35. The van der Waals surface area contributed by atoms with E-state index in [1.54, 1.807) is 6.20 Å². The summed E-state index contributed by atoms with van der Waals surface area (Å²) in [4.78, 5) is 4.16. The Kier molecular flexibility index (Phi) is 2.88. The summed E-state index contributed by atoms with van der Waals surface area (Å²) in [5, 5.41) is 11.9. The highest BCUT2D eigenvalue weighted by molar-refractivity contribution is 5.34. The number of aryl methyl sites for hydroxylation is 1. The quantitative estimate of drug-likeness (QED) is 0.845. The number of aromatic nitrogens is 2. The summed E-state index contributed by atoms with van der Waals surface area (Å²) in [6.07, 6.45) is 3.64. The summed E-state index contributed by atoms with van der Waals surface area (Å²) >= 11 is 0. The molecule has 0 amide bonds. The van der Waals surface area contributed by atoms with Crippen LogP contribution in [0.25, 0.3) is 0 Å². The molecule has 80 valence electrons. The minimum absolute atomic E-state index is 0.681. The summed E-state index contributed by atoms with van der Waals surface area (Å²) in [7, 11) is 1.94. The molecule has 2 rings (SSSR count). The Labute approximate surface area is 94.2 Å². The summed E-state index contributed by atoms with van der Waals surface area (Å²) in [5.74, 6) is 0.837. The zero-order valence-corrected chi connectivity index (χ0v) is 9.01. The van der Waals surface area contributed by atoms with E-state index in [-0.39, 0.29) is 0 Å². The van der Waals surface area contributed by atoms with Gasteiger partial charge in [-0.3, -0.25) is 0 Å². The van der Waals surface area contributed by atoms with E-state index >= 15 is 0 Å². The van der Waals surface area contributed by atoms with Crippen molar-refractivity contribution in [2.45, 2.75) is 6.54 Å². The maximum atomic E-state index is 8.67. The van der Waals surface area contributed by atoms with Gasteiger partial charge < -0.3 is 9.88 Å². The van der Waals surface area contributed by atoms with E-state index in [0.717, 1.165) is 11.5 Å². The number of imidazole rings is 1. The first kappa shape index (κ1) is 10.2. The Balaban J connectivity index is 2.00. The molecule has 0 radical (unpaired) electrons. The van der Waals surface area contributed by atoms with Crippen molar-refractivity contribution in [3.63, 3.8) is 0 Å². The van der Waals surface area contributed by atoms with Gasteiger partial charge in [-0.05, 0) is 17.7 Å². The highest BCUT2D eigenvalue weighted by Crippen LogP contribution is 2.07. The van der Waals surface area contributed by atoms with Gasteiger partial charge in [0, 0.05) is 26.0 Å². The number of anilines is 1. The average molecular weight is 212 g/mol. The third-order valence-corrected chi connectivity index (χ3v) is 2.35. The lowest BCUT2D eigenvalue weighted by Crippen LogP contribution is -2.04. The molecule has 4 heteroatoms. The molecule has 4 nitrogen and oxygen atoms in total. The standard InChI is InChI=1S/C12H12N4/c1-16-7-6-14-12(16)15-9-11-4-2-10(8-13)3-5-11/h2-7H,9H2,1H3,(H,14,15). The maximum absolute atomic E-state index is 8.67. The van der Waals surface area contributed by atoms with Gasteiger partial charge in [0.05, 0.1) is 11.6 Å². The second-order valence-electron chi connectivity index (χ2n) is 3.52. The zero-order valence-electron chi connectivity index (χ0n) is 9.01. The summed E-state index contributed by atoms with van der Waals surface area (Å²) in [5.41, 5.74) is 1.81. The fraction of sp³-hybridized carbons (Fsp3) is 0.167. The van der Waals surface area contributed by atoms with E-state index in [9.17, 15) is 0 Å². The first-order valence-electron chi connectivity index (χ1n) is 5.00. The summed E-state index contributed by atoms with van der Waals surface area (Å²) < 4.78 is 1.92. The highest BCUT2D eigenvalue weighted by atomic mass is 15.2. The van der Waals surface area contributed by atoms with Crippen LogP contribution in [0, 0.1) is 11.3 Å². The van der Waals surface area contributed by atoms with Crippen LogP contribution >= 0.6 is 0 Å². The molecule has 1 aromatic heterocycles. The van der Waals surface area contributed by atoms with Crippen LogP contribution in [0.5, 0.6) is 0 Å². The zero-order chi connectivity index (χ0) is 11.4. The van der Waals surface area contributed by atoms with E-state index in [4.69, 9.17) is 5.26 Å². The molecule has 0 unspecified atom stereocenters. The van der Waals surface area contributed by atoms with Crippen LogP contribution in [-0.4, -0.2) is 9.55 Å². The van der Waals surface area contributed by atoms with Crippen molar-refractivity contribution in [3.8, 4) is 6.07 Å². The molecule has 2 aromatic rings. The minimum Gasteiger partial charge on any atom is -0.352 e. The summed E-state index contributed by atoms with van der Waals surface area (Å²) in [6, 6.07) is 9.60. The summed E-state index contributed by atoms with van der Waals surface area (Å²) in [6.45, 7) is 0.705. The molecule has 0 aliphatic carbocycles. The van der Waals surface area contributed by atoms with Crippen molar-refractivity contribution in [1.29, 1.82) is 5.26 Å². The topological polar surface area (TPSA) is 53.6 Å². The number of rotatable bonds is 3. The van der Waals surface area contributed by atoms with E-state index in [2.05, 4.69) is 16.4 Å². The van der Waals surface area contributed by atoms with Gasteiger partial charge in [0.25, 0.3) is 0 Å². The number of hydrogen-bond acceptors (Lipinski definition) is 3. The van der Waals surface area contributed by atoms with Crippen LogP contribution in [0.4, 0.5) is 5.95 Å². The lowest BCUT2D eigenvalue weighted by atomic mass is 10.1. The monoisotopic (exact) mass is 212 g/mol. The van der Waals surface area contributed by atoms with Gasteiger partial charge in [0.2, 0.25) is 5.95 Å². The Morgan fingerprint density at radius 1 is 1.38 bits per heavy atom. The normalized spacial score (nSPS) is 9.75. The van der Waals surface area contributed by atoms with E-state index in [0.29, 0.717) is 12.1 Å². The van der Waals surface area contributed by atoms with E-state index < -0.39 is 0 Å². The van der Waals surface area contributed by atoms with Crippen LogP contribution in [0.3, 0.4) is 0 Å². The number of nitriles is 1. The Bertz CT molecular complexity index is 505. The molecule has 1 aromatic carbocycles. The second kappa shape index (κ2) is 4.49. The van der Waals surface area contributed by atoms with Gasteiger partial charge in [-0.15, -0.1) is 0 Å². The van der Waals surface area contributed by atoms with E-state index in [1.807, 2.05) is 42.1 Å². The molecule has 0 aliphatic rings. The van der Waals surface area contributed by atoms with Crippen LogP contribution in [0.1, 0.15) is 11.1 Å². The predicted molar refractivity (Wildman–Crippen MR) is 61.7 cm³/mol. The van der Waals surface area contributed by atoms with Crippen molar-refractivity contribution in [3.05, 3.63) is 47.8 Å². The second-order valence-corrected chi connectivity index (χ2v) is 3.52. The van der Waals surface area contributed by atoms with Crippen molar-refractivity contribution in [2.75, 3.05) is 5.32 Å². The van der Waals surface area contributed by atoms with Gasteiger partial charge in [-0.25, -0.2) is 4.98 Å². The van der Waals surface area contributed by atoms with Crippen molar-refractivity contribution < 1.29 is 0 Å². The molecule has 1 N–H and O–H groups in total. The van der Waals surface area contributed by atoms with Gasteiger partial charge >= 0.3 is 0 Å². The molecular weight excluding hydrogens is 200 g/mol. The molecule has 0 saturated carbocycles. The molecule has 0 bridgehead atoms. The molecule has 16 heavy (non-hydrogen) atoms. The van der Waals surface area contributed by atoms with Gasteiger partial charge in [-0.2, -0.15) is 5.26 Å².